The standard InChI is InChI=1S/C24H22N4O5S/c1-27-21-12-9-18(22(29)26-14-16-7-10-19(11-8-16)34(25,32)33)13-20(21)23(30)28(24(27)31)15-17-5-3-2-4-6-17/h2-13H,14-15H2,1H3,(H,26,29)(H2,25,32,33). The fourth-order valence-electron chi connectivity index (χ4n) is 3.64. The topological polar surface area (TPSA) is 133 Å². The van der Waals surface area contributed by atoms with Gasteiger partial charge in [0, 0.05) is 19.2 Å². The van der Waals surface area contributed by atoms with Gasteiger partial charge < -0.3 is 5.32 Å². The molecule has 0 spiro atoms. The van der Waals surface area contributed by atoms with Crippen LogP contribution in [-0.4, -0.2) is 23.5 Å². The predicted octanol–water partition coefficient (Wildman–Crippen LogP) is 1.33. The van der Waals surface area contributed by atoms with E-state index in [9.17, 15) is 22.8 Å². The molecule has 0 unspecified atom stereocenters. The van der Waals surface area contributed by atoms with E-state index in [4.69, 9.17) is 5.14 Å². The van der Waals surface area contributed by atoms with Crippen molar-refractivity contribution in [1.82, 2.24) is 14.5 Å². The molecule has 34 heavy (non-hydrogen) atoms. The summed E-state index contributed by atoms with van der Waals surface area (Å²) >= 11 is 0. The molecule has 3 aromatic carbocycles. The average Bonchev–Trinajstić information content (AvgIpc) is 2.84. The Hall–Kier alpha value is -4.02. The second-order valence-corrected chi connectivity index (χ2v) is 9.38. The van der Waals surface area contributed by atoms with Crippen LogP contribution in [0.1, 0.15) is 21.5 Å². The molecule has 4 aromatic rings. The maximum atomic E-state index is 13.1. The molecule has 10 heteroatoms. The van der Waals surface area contributed by atoms with Crippen molar-refractivity contribution in [2.75, 3.05) is 0 Å². The van der Waals surface area contributed by atoms with Crippen LogP contribution in [0.25, 0.3) is 10.9 Å². The van der Waals surface area contributed by atoms with Crippen molar-refractivity contribution in [3.8, 4) is 0 Å². The zero-order valence-electron chi connectivity index (χ0n) is 18.3. The fourth-order valence-corrected chi connectivity index (χ4v) is 4.16. The van der Waals surface area contributed by atoms with Gasteiger partial charge in [0.1, 0.15) is 0 Å². The highest BCUT2D eigenvalue weighted by atomic mass is 32.2. The van der Waals surface area contributed by atoms with Gasteiger partial charge in [-0.2, -0.15) is 0 Å². The highest BCUT2D eigenvalue weighted by molar-refractivity contribution is 7.89. The summed E-state index contributed by atoms with van der Waals surface area (Å²) in [6.45, 7) is 0.264. The SMILES string of the molecule is Cn1c(=O)n(Cc2ccccc2)c(=O)c2cc(C(=O)NCc3ccc(S(N)(=O)=O)cc3)ccc21. The van der Waals surface area contributed by atoms with Crippen LogP contribution in [0.2, 0.25) is 0 Å². The van der Waals surface area contributed by atoms with Gasteiger partial charge in [-0.3, -0.25) is 18.7 Å². The number of sulfonamides is 1. The van der Waals surface area contributed by atoms with Gasteiger partial charge in [-0.25, -0.2) is 18.4 Å². The molecule has 0 fully saturated rings. The fraction of sp³-hybridized carbons (Fsp3) is 0.125. The number of hydrogen-bond acceptors (Lipinski definition) is 5. The van der Waals surface area contributed by atoms with Gasteiger partial charge in [0.15, 0.2) is 0 Å². The van der Waals surface area contributed by atoms with Gasteiger partial charge in [0.2, 0.25) is 10.0 Å². The Morgan fingerprint density at radius 2 is 1.62 bits per heavy atom. The maximum absolute atomic E-state index is 13.1. The second-order valence-electron chi connectivity index (χ2n) is 7.82. The highest BCUT2D eigenvalue weighted by Gasteiger charge is 2.15. The molecule has 1 heterocycles. The van der Waals surface area contributed by atoms with E-state index in [1.807, 2.05) is 30.3 Å². The number of fused-ring (bicyclic) bond motifs is 1. The first kappa shape index (κ1) is 23.1. The molecular weight excluding hydrogens is 456 g/mol. The Morgan fingerprint density at radius 1 is 0.941 bits per heavy atom. The number of hydrogen-bond donors (Lipinski definition) is 2. The normalized spacial score (nSPS) is 11.5. The van der Waals surface area contributed by atoms with Crippen molar-refractivity contribution in [2.45, 2.75) is 18.0 Å². The summed E-state index contributed by atoms with van der Waals surface area (Å²) in [5.41, 5.74) is 1.25. The van der Waals surface area contributed by atoms with E-state index in [1.165, 1.54) is 22.8 Å². The van der Waals surface area contributed by atoms with Crippen molar-refractivity contribution in [2.24, 2.45) is 12.2 Å². The van der Waals surface area contributed by atoms with Crippen LogP contribution in [0.3, 0.4) is 0 Å². The number of carbonyl (C=O) groups excluding carboxylic acids is 1. The van der Waals surface area contributed by atoms with E-state index in [0.717, 1.165) is 10.1 Å². The number of aromatic nitrogens is 2. The van der Waals surface area contributed by atoms with Crippen LogP contribution < -0.4 is 21.7 Å². The molecule has 9 nitrogen and oxygen atoms in total. The number of nitrogens with one attached hydrogen (secondary N) is 1. The Bertz CT molecular complexity index is 1610. The number of primary sulfonamides is 1. The van der Waals surface area contributed by atoms with Crippen LogP contribution >= 0.6 is 0 Å². The van der Waals surface area contributed by atoms with E-state index in [1.54, 1.807) is 31.3 Å². The number of nitrogens with zero attached hydrogens (tertiary/aromatic N) is 2. The molecule has 3 N–H and O–H groups in total. The lowest BCUT2D eigenvalue weighted by molar-refractivity contribution is 0.0951. The number of amides is 1. The number of benzene rings is 3. The van der Waals surface area contributed by atoms with Gasteiger partial charge in [0.25, 0.3) is 11.5 Å². The van der Waals surface area contributed by atoms with Crippen LogP contribution in [0.15, 0.2) is 87.3 Å². The number of nitrogens with two attached hydrogens (primary N) is 1. The van der Waals surface area contributed by atoms with Crippen molar-refractivity contribution >= 4 is 26.8 Å². The molecule has 0 saturated carbocycles. The van der Waals surface area contributed by atoms with E-state index < -0.39 is 27.2 Å². The molecule has 1 aromatic heterocycles. The molecule has 0 atom stereocenters. The minimum atomic E-state index is -3.79. The quantitative estimate of drug-likeness (QED) is 0.431. The minimum absolute atomic E-state index is 0.0190. The summed E-state index contributed by atoms with van der Waals surface area (Å²) in [6.07, 6.45) is 0. The van der Waals surface area contributed by atoms with Gasteiger partial charge in [-0.15, -0.1) is 0 Å². The summed E-state index contributed by atoms with van der Waals surface area (Å²) in [4.78, 5) is 38.6. The summed E-state index contributed by atoms with van der Waals surface area (Å²) in [6, 6.07) is 19.6. The van der Waals surface area contributed by atoms with Gasteiger partial charge in [-0.05, 0) is 41.5 Å². The summed E-state index contributed by atoms with van der Waals surface area (Å²) < 4.78 is 25.2. The highest BCUT2D eigenvalue weighted by Crippen LogP contribution is 2.13. The van der Waals surface area contributed by atoms with Gasteiger partial charge >= 0.3 is 5.69 Å². The molecule has 174 valence electrons. The lowest BCUT2D eigenvalue weighted by Gasteiger charge is -2.12. The summed E-state index contributed by atoms with van der Waals surface area (Å²) in [5.74, 6) is -0.416. The number of rotatable bonds is 6. The van der Waals surface area contributed by atoms with Crippen LogP contribution in [0.4, 0.5) is 0 Å². The van der Waals surface area contributed by atoms with E-state index in [0.29, 0.717) is 11.1 Å². The third-order valence-corrected chi connectivity index (χ3v) is 6.43. The molecular formula is C24H22N4O5S. The van der Waals surface area contributed by atoms with Gasteiger partial charge in [-0.1, -0.05) is 42.5 Å². The molecule has 0 saturated heterocycles. The van der Waals surface area contributed by atoms with Crippen molar-refractivity contribution in [3.63, 3.8) is 0 Å². The van der Waals surface area contributed by atoms with E-state index in [2.05, 4.69) is 5.32 Å². The van der Waals surface area contributed by atoms with E-state index in [-0.39, 0.29) is 28.9 Å². The van der Waals surface area contributed by atoms with Gasteiger partial charge in [0.05, 0.1) is 22.3 Å². The molecule has 0 radical (unpaired) electrons. The predicted molar refractivity (Wildman–Crippen MR) is 128 cm³/mol. The van der Waals surface area contributed by atoms with Crippen molar-refractivity contribution < 1.29 is 13.2 Å². The monoisotopic (exact) mass is 478 g/mol. The molecule has 1 amide bonds. The first-order valence-electron chi connectivity index (χ1n) is 10.3. The van der Waals surface area contributed by atoms with Crippen molar-refractivity contribution in [1.29, 1.82) is 0 Å². The molecule has 0 aliphatic heterocycles. The van der Waals surface area contributed by atoms with Crippen molar-refractivity contribution in [3.05, 3.63) is 110 Å². The number of aryl methyl sites for hydroxylation is 1. The molecule has 4 rings (SSSR count). The lowest BCUT2D eigenvalue weighted by atomic mass is 10.1. The Labute approximate surface area is 195 Å². The van der Waals surface area contributed by atoms with Crippen LogP contribution in [0, 0.1) is 0 Å². The Morgan fingerprint density at radius 3 is 2.26 bits per heavy atom. The molecule has 0 bridgehead atoms. The molecule has 0 aliphatic carbocycles. The summed E-state index contributed by atoms with van der Waals surface area (Å²) in [5, 5.41) is 8.08. The first-order valence-corrected chi connectivity index (χ1v) is 11.9. The third-order valence-electron chi connectivity index (χ3n) is 5.50. The Kier molecular flexibility index (Phi) is 6.18. The zero-order chi connectivity index (χ0) is 24.5. The lowest BCUT2D eigenvalue weighted by Crippen LogP contribution is -2.39. The minimum Gasteiger partial charge on any atom is -0.348 e. The first-order chi connectivity index (χ1) is 16.1. The maximum Gasteiger partial charge on any atom is 0.331 e. The largest absolute Gasteiger partial charge is 0.348 e. The summed E-state index contributed by atoms with van der Waals surface area (Å²) in [7, 11) is -2.21. The van der Waals surface area contributed by atoms with Crippen LogP contribution in [0.5, 0.6) is 0 Å². The third kappa shape index (κ3) is 4.68. The smallest absolute Gasteiger partial charge is 0.331 e. The average molecular weight is 479 g/mol. The Balaban J connectivity index is 1.61. The van der Waals surface area contributed by atoms with E-state index >= 15 is 0 Å². The zero-order valence-corrected chi connectivity index (χ0v) is 19.1. The molecule has 0 aliphatic rings. The number of carbonyl (C=O) groups is 1. The van der Waals surface area contributed by atoms with Crippen LogP contribution in [-0.2, 0) is 30.2 Å². The second kappa shape index (κ2) is 9.08.